The second kappa shape index (κ2) is 37.7. The van der Waals surface area contributed by atoms with Crippen LogP contribution in [0.25, 0.3) is 0 Å². The topological polar surface area (TPSA) is 152 Å². The highest BCUT2D eigenvalue weighted by Gasteiger charge is 2.41. The van der Waals surface area contributed by atoms with Crippen LogP contribution >= 0.6 is 15.6 Å². The third-order valence-electron chi connectivity index (χ3n) is 10.2. The Kier molecular flexibility index (Phi) is 37.8. The second-order valence-electron chi connectivity index (χ2n) is 15.5. The molecule has 4 N–H and O–H groups in total. The number of phosphoric ester groups is 2. The van der Waals surface area contributed by atoms with Crippen LogP contribution in [0.3, 0.4) is 0 Å². The first-order valence-corrected chi connectivity index (χ1v) is 25.1. The molecule has 0 aliphatic rings. The largest absolute Gasteiger partial charge is 0.483 e. The van der Waals surface area contributed by atoms with Gasteiger partial charge in [-0.1, -0.05) is 206 Å². The number of aliphatic hydroxyl groups excluding tert-OH is 3. The number of phosphoric acid groups is 2. The molecule has 0 amide bonds. The zero-order valence-corrected chi connectivity index (χ0v) is 36.3. The van der Waals surface area contributed by atoms with E-state index in [-0.39, 0.29) is 13.2 Å². The first-order valence-electron chi connectivity index (χ1n) is 22.1. The molecule has 0 spiro atoms. The van der Waals surface area contributed by atoms with Gasteiger partial charge in [0, 0.05) is 0 Å². The monoisotopic (exact) mass is 801 g/mol. The highest BCUT2D eigenvalue weighted by Crippen LogP contribution is 2.64. The van der Waals surface area contributed by atoms with Gasteiger partial charge in [-0.05, 0) is 12.8 Å². The summed E-state index contributed by atoms with van der Waals surface area (Å²) in [5, 5.41) is 29.0. The second-order valence-corrected chi connectivity index (χ2v) is 18.8. The molecule has 0 heterocycles. The normalized spacial score (nSPS) is 14.5. The van der Waals surface area contributed by atoms with Gasteiger partial charge in [-0.25, -0.2) is 9.13 Å². The Morgan fingerprint density at radius 3 is 0.943 bits per heavy atom. The summed E-state index contributed by atoms with van der Waals surface area (Å²) in [5.41, 5.74) is -1.52. The van der Waals surface area contributed by atoms with Crippen molar-refractivity contribution in [2.45, 2.75) is 219 Å². The van der Waals surface area contributed by atoms with Crippen molar-refractivity contribution in [1.29, 1.82) is 0 Å². The smallest absolute Gasteiger partial charge is 0.396 e. The van der Waals surface area contributed by atoms with Gasteiger partial charge in [-0.3, -0.25) is 13.6 Å². The van der Waals surface area contributed by atoms with Crippen LogP contribution in [0.5, 0.6) is 0 Å². The Balaban J connectivity index is 4.27. The molecule has 0 aliphatic carbocycles. The van der Waals surface area contributed by atoms with E-state index in [1.54, 1.807) is 0 Å². The van der Waals surface area contributed by atoms with Crippen LogP contribution in [-0.4, -0.2) is 59.9 Å². The van der Waals surface area contributed by atoms with Crippen molar-refractivity contribution in [2.75, 3.05) is 39.6 Å². The minimum atomic E-state index is -4.80. The van der Waals surface area contributed by atoms with E-state index in [4.69, 9.17) is 17.9 Å². The minimum absolute atomic E-state index is 0.0285. The van der Waals surface area contributed by atoms with Crippen LogP contribution in [0.1, 0.15) is 219 Å². The van der Waals surface area contributed by atoms with Crippen LogP contribution in [0.4, 0.5) is 0 Å². The number of rotatable bonds is 44. The molecule has 0 aliphatic heterocycles. The molecule has 0 radical (unpaired) electrons. The maximum absolute atomic E-state index is 13.4. The average Bonchev–Trinajstić information content (AvgIpc) is 3.14. The maximum Gasteiger partial charge on any atom is 0.483 e. The Bertz CT molecular complexity index is 850. The van der Waals surface area contributed by atoms with E-state index < -0.39 is 47.5 Å². The Hall–Kier alpha value is 0.140. The average molecular weight is 801 g/mol. The molecular weight excluding hydrogens is 714 g/mol. The van der Waals surface area contributed by atoms with Crippen molar-refractivity contribution >= 4 is 15.6 Å². The van der Waals surface area contributed by atoms with E-state index in [0.717, 1.165) is 38.5 Å². The zero-order chi connectivity index (χ0) is 39.2. The van der Waals surface area contributed by atoms with Gasteiger partial charge in [-0.2, -0.15) is 4.31 Å². The number of hydrogen-bond donors (Lipinski definition) is 4. The van der Waals surface area contributed by atoms with Gasteiger partial charge in [0.05, 0.1) is 45.1 Å². The Morgan fingerprint density at radius 2 is 0.660 bits per heavy atom. The van der Waals surface area contributed by atoms with Crippen LogP contribution in [-0.2, 0) is 27.0 Å². The van der Waals surface area contributed by atoms with E-state index in [2.05, 4.69) is 13.8 Å². The molecule has 2 unspecified atom stereocenters. The van der Waals surface area contributed by atoms with Gasteiger partial charge in [0.1, 0.15) is 0 Å². The van der Waals surface area contributed by atoms with Crippen molar-refractivity contribution < 1.29 is 47.2 Å². The molecular formula is C41H86O10P2. The molecule has 0 rings (SSSR count). The van der Waals surface area contributed by atoms with Crippen LogP contribution in [0, 0.1) is 5.41 Å². The van der Waals surface area contributed by atoms with Gasteiger partial charge in [0.25, 0.3) is 0 Å². The number of aliphatic hydroxyl groups is 3. The van der Waals surface area contributed by atoms with Crippen LogP contribution in [0.2, 0.25) is 0 Å². The highest BCUT2D eigenvalue weighted by atomic mass is 31.3. The van der Waals surface area contributed by atoms with Crippen molar-refractivity contribution in [3.05, 3.63) is 0 Å². The molecule has 320 valence electrons. The third-order valence-corrected chi connectivity index (χ3v) is 13.3. The maximum atomic E-state index is 13.4. The highest BCUT2D eigenvalue weighted by molar-refractivity contribution is 7.61. The molecule has 0 aromatic carbocycles. The molecule has 0 saturated heterocycles. The summed E-state index contributed by atoms with van der Waals surface area (Å²) >= 11 is 0. The first kappa shape index (κ1) is 53.1. The van der Waals surface area contributed by atoms with Gasteiger partial charge in [-0.15, -0.1) is 0 Å². The molecule has 0 aromatic rings. The lowest BCUT2D eigenvalue weighted by Crippen LogP contribution is -2.38. The van der Waals surface area contributed by atoms with E-state index in [9.17, 15) is 29.3 Å². The van der Waals surface area contributed by atoms with Crippen LogP contribution in [0.15, 0.2) is 0 Å². The zero-order valence-electron chi connectivity index (χ0n) is 34.5. The summed E-state index contributed by atoms with van der Waals surface area (Å²) in [6.45, 7) is 1.85. The molecule has 0 aromatic heterocycles. The fourth-order valence-corrected chi connectivity index (χ4v) is 9.19. The molecule has 2 atom stereocenters. The van der Waals surface area contributed by atoms with E-state index in [1.165, 1.54) is 154 Å². The van der Waals surface area contributed by atoms with Gasteiger partial charge in [0.2, 0.25) is 0 Å². The molecule has 53 heavy (non-hydrogen) atoms. The summed E-state index contributed by atoms with van der Waals surface area (Å²) in [6.07, 6.45) is 38.7. The molecule has 10 nitrogen and oxygen atoms in total. The summed E-state index contributed by atoms with van der Waals surface area (Å²) < 4.78 is 46.9. The van der Waals surface area contributed by atoms with Crippen molar-refractivity contribution in [2.24, 2.45) is 5.41 Å². The Labute approximate surface area is 326 Å². The lowest BCUT2D eigenvalue weighted by molar-refractivity contribution is -0.0340. The molecule has 0 bridgehead atoms. The summed E-state index contributed by atoms with van der Waals surface area (Å²) in [5.74, 6) is 0. The molecule has 0 fully saturated rings. The predicted octanol–water partition coefficient (Wildman–Crippen LogP) is 12.7. The van der Waals surface area contributed by atoms with Crippen LogP contribution < -0.4 is 0 Å². The standard InChI is InChI=1S/C41H86O10P2/c1-3-5-7-9-11-13-15-17-19-21-23-25-27-29-31-33-35-48-52(45,46)51-53(47,50-40-41(37-42,38-43)39-44)49-36-34-32-30-28-26-24-22-20-18-16-14-12-10-8-6-4-2/h42-44H,3-40H2,1-2H3,(H,45,46). The van der Waals surface area contributed by atoms with Crippen molar-refractivity contribution in [3.8, 4) is 0 Å². The molecule has 12 heteroatoms. The SMILES string of the molecule is CCCCCCCCCCCCCCCCCCOP(=O)(O)OP(=O)(OCCCCCCCCCCCCCCCCCC)OCC(CO)(CO)CO. The lowest BCUT2D eigenvalue weighted by atomic mass is 9.93. The van der Waals surface area contributed by atoms with E-state index >= 15 is 0 Å². The number of hydrogen-bond acceptors (Lipinski definition) is 9. The van der Waals surface area contributed by atoms with Gasteiger partial charge >= 0.3 is 15.6 Å². The number of unbranched alkanes of at least 4 members (excludes halogenated alkanes) is 30. The molecule has 0 saturated carbocycles. The van der Waals surface area contributed by atoms with E-state index in [0.29, 0.717) is 12.8 Å². The fraction of sp³-hybridized carbons (Fsp3) is 1.00. The first-order chi connectivity index (χ1) is 25.7. The summed E-state index contributed by atoms with van der Waals surface area (Å²) in [4.78, 5) is 10.4. The predicted molar refractivity (Wildman–Crippen MR) is 219 cm³/mol. The van der Waals surface area contributed by atoms with Crippen molar-refractivity contribution in [1.82, 2.24) is 0 Å². The lowest BCUT2D eigenvalue weighted by Gasteiger charge is -2.29. The van der Waals surface area contributed by atoms with E-state index in [1.807, 2.05) is 0 Å². The third kappa shape index (κ3) is 33.9. The quantitative estimate of drug-likeness (QED) is 0.0346. The minimum Gasteiger partial charge on any atom is -0.396 e. The summed E-state index contributed by atoms with van der Waals surface area (Å²) in [7, 11) is -9.44. The van der Waals surface area contributed by atoms with Gasteiger partial charge < -0.3 is 20.2 Å². The summed E-state index contributed by atoms with van der Waals surface area (Å²) in [6, 6.07) is 0. The fourth-order valence-electron chi connectivity index (χ4n) is 6.39. The Morgan fingerprint density at radius 1 is 0.396 bits per heavy atom. The van der Waals surface area contributed by atoms with Gasteiger partial charge in [0.15, 0.2) is 0 Å². The van der Waals surface area contributed by atoms with Crippen molar-refractivity contribution in [3.63, 3.8) is 0 Å².